The highest BCUT2D eigenvalue weighted by Gasteiger charge is 2.41. The van der Waals surface area contributed by atoms with Crippen LogP contribution in [0, 0.1) is 5.82 Å². The summed E-state index contributed by atoms with van der Waals surface area (Å²) in [6.45, 7) is 6.52. The van der Waals surface area contributed by atoms with Gasteiger partial charge in [-0.3, -0.25) is 4.79 Å². The van der Waals surface area contributed by atoms with Crippen molar-refractivity contribution in [2.45, 2.75) is 43.2 Å². The number of benzene rings is 3. The summed E-state index contributed by atoms with van der Waals surface area (Å²) in [6.07, 6.45) is -2.57. The number of likely N-dealkylation sites (tertiary alicyclic amines) is 1. The van der Waals surface area contributed by atoms with Crippen LogP contribution in [0.3, 0.4) is 0 Å². The van der Waals surface area contributed by atoms with Gasteiger partial charge in [0, 0.05) is 22.8 Å². The first-order chi connectivity index (χ1) is 20.4. The van der Waals surface area contributed by atoms with Gasteiger partial charge in [0.1, 0.15) is 11.6 Å². The Bertz CT molecular complexity index is 1500. The minimum Gasteiger partial charge on any atom is -0.406 e. The molecule has 5 rings (SSSR count). The van der Waals surface area contributed by atoms with Crippen LogP contribution >= 0.6 is 31.8 Å². The Morgan fingerprint density at radius 1 is 1.07 bits per heavy atom. The van der Waals surface area contributed by atoms with Gasteiger partial charge in [-0.05, 0) is 98.1 Å². The van der Waals surface area contributed by atoms with E-state index in [1.54, 1.807) is 30.3 Å². The second kappa shape index (κ2) is 13.0. The monoisotopic (exact) mass is 653 g/mol. The molecule has 3 aromatic carbocycles. The molecule has 0 radical (unpaired) electrons. The van der Waals surface area contributed by atoms with Gasteiger partial charge in [0.15, 0.2) is 0 Å². The number of halogens is 6. The molecule has 1 amide bonds. The number of ether oxygens (including phenoxy) is 1. The van der Waals surface area contributed by atoms with Gasteiger partial charge < -0.3 is 20.3 Å². The lowest BCUT2D eigenvalue weighted by Gasteiger charge is -2.46. The molecule has 1 spiro atoms. The Hall–Kier alpha value is -2.84. The number of fused-ring (bicyclic) bond motifs is 2. The SMILES string of the molecule is C=C1Nc2ccc(F)cc2C2(CCN(CCC(C(=O)NCc3ccc(OC(F)(F)F)cc3)c3ccc(Cl)c(Cl)c3)CC2)P1. The Balaban J connectivity index is 1.24. The van der Waals surface area contributed by atoms with Gasteiger partial charge in [0.25, 0.3) is 0 Å². The first-order valence-corrected chi connectivity index (χ1v) is 15.5. The van der Waals surface area contributed by atoms with Crippen LogP contribution in [-0.4, -0.2) is 36.8 Å². The van der Waals surface area contributed by atoms with Gasteiger partial charge in [-0.1, -0.05) is 56.6 Å². The number of carbonyl (C=O) groups is 1. The quantitative estimate of drug-likeness (QED) is 0.189. The maximum absolute atomic E-state index is 14.2. The topological polar surface area (TPSA) is 53.6 Å². The van der Waals surface area contributed by atoms with Crippen LogP contribution in [0.1, 0.15) is 41.9 Å². The van der Waals surface area contributed by atoms with Crippen molar-refractivity contribution in [3.63, 3.8) is 0 Å². The standard InChI is InChI=1S/C31H30Cl2F4N3O2P/c1-19-39-28-9-5-22(34)17-25(28)30(43-19)11-14-40(15-12-30)13-10-24(21-4-8-26(32)27(33)16-21)29(41)38-18-20-2-6-23(7-3-20)42-31(35,36)37/h2-9,16-17,24,39,43H,1,10-15,18H2,(H,38,41). The molecule has 1 fully saturated rings. The molecule has 3 aromatic rings. The molecule has 0 aromatic heterocycles. The van der Waals surface area contributed by atoms with Crippen molar-refractivity contribution >= 4 is 43.4 Å². The molecule has 2 aliphatic rings. The molecule has 12 heteroatoms. The first-order valence-electron chi connectivity index (χ1n) is 13.7. The summed E-state index contributed by atoms with van der Waals surface area (Å²) < 4.78 is 55.5. The average Bonchev–Trinajstić information content (AvgIpc) is 2.95. The van der Waals surface area contributed by atoms with E-state index in [0.29, 0.717) is 37.2 Å². The summed E-state index contributed by atoms with van der Waals surface area (Å²) in [6, 6.07) is 15.4. The van der Waals surface area contributed by atoms with E-state index in [-0.39, 0.29) is 29.2 Å². The van der Waals surface area contributed by atoms with Crippen LogP contribution in [0.4, 0.5) is 23.2 Å². The molecule has 228 valence electrons. The number of amides is 1. The summed E-state index contributed by atoms with van der Waals surface area (Å²) >= 11 is 12.4. The van der Waals surface area contributed by atoms with E-state index in [1.165, 1.54) is 30.3 Å². The average molecular weight is 654 g/mol. The summed E-state index contributed by atoms with van der Waals surface area (Å²) in [5, 5.41) is 6.78. The van der Waals surface area contributed by atoms with Crippen molar-refractivity contribution in [2.75, 3.05) is 25.0 Å². The maximum atomic E-state index is 14.2. The number of rotatable bonds is 8. The fourth-order valence-corrected chi connectivity index (χ4v) is 7.63. The van der Waals surface area contributed by atoms with Gasteiger partial charge in [-0.15, -0.1) is 13.2 Å². The van der Waals surface area contributed by atoms with Crippen molar-refractivity contribution < 1.29 is 27.1 Å². The minimum atomic E-state index is -4.78. The van der Waals surface area contributed by atoms with Crippen molar-refractivity contribution in [2.24, 2.45) is 0 Å². The van der Waals surface area contributed by atoms with E-state index in [1.807, 2.05) is 0 Å². The zero-order valence-electron chi connectivity index (χ0n) is 23.0. The predicted molar refractivity (Wildman–Crippen MR) is 164 cm³/mol. The highest BCUT2D eigenvalue weighted by molar-refractivity contribution is 7.44. The van der Waals surface area contributed by atoms with Crippen LogP contribution in [0.15, 0.2) is 72.7 Å². The molecular formula is C31H30Cl2F4N3O2P. The molecule has 2 atom stereocenters. The first kappa shape index (κ1) is 31.6. The number of anilines is 1. The zero-order chi connectivity index (χ0) is 30.8. The van der Waals surface area contributed by atoms with Crippen LogP contribution in [-0.2, 0) is 16.5 Å². The van der Waals surface area contributed by atoms with Crippen molar-refractivity contribution in [1.29, 1.82) is 0 Å². The molecule has 1 saturated heterocycles. The van der Waals surface area contributed by atoms with E-state index in [9.17, 15) is 22.4 Å². The summed E-state index contributed by atoms with van der Waals surface area (Å²) in [4.78, 5) is 15.8. The Kier molecular flexibility index (Phi) is 9.57. The highest BCUT2D eigenvalue weighted by atomic mass is 35.5. The molecule has 0 bridgehead atoms. The lowest BCUT2D eigenvalue weighted by atomic mass is 9.86. The molecule has 0 aliphatic carbocycles. The molecule has 0 saturated carbocycles. The van der Waals surface area contributed by atoms with E-state index >= 15 is 0 Å². The molecule has 2 aliphatic heterocycles. The number of nitrogens with zero attached hydrogens (tertiary/aromatic N) is 1. The van der Waals surface area contributed by atoms with Crippen LogP contribution in [0.25, 0.3) is 0 Å². The normalized spacial score (nSPS) is 17.8. The Morgan fingerprint density at radius 2 is 1.79 bits per heavy atom. The van der Waals surface area contributed by atoms with Crippen LogP contribution in [0.5, 0.6) is 5.75 Å². The maximum Gasteiger partial charge on any atom is 0.573 e. The lowest BCUT2D eigenvalue weighted by molar-refractivity contribution is -0.274. The molecule has 43 heavy (non-hydrogen) atoms. The molecule has 2 heterocycles. The van der Waals surface area contributed by atoms with Crippen LogP contribution in [0.2, 0.25) is 10.0 Å². The summed E-state index contributed by atoms with van der Waals surface area (Å²) in [7, 11) is 0.444. The highest BCUT2D eigenvalue weighted by Crippen LogP contribution is 2.58. The van der Waals surface area contributed by atoms with Gasteiger partial charge in [-0.2, -0.15) is 0 Å². The molecule has 2 N–H and O–H groups in total. The van der Waals surface area contributed by atoms with Gasteiger partial charge >= 0.3 is 6.36 Å². The largest absolute Gasteiger partial charge is 0.573 e. The minimum absolute atomic E-state index is 0.129. The third-order valence-corrected chi connectivity index (χ3v) is 10.3. The number of nitrogens with one attached hydrogen (secondary N) is 2. The zero-order valence-corrected chi connectivity index (χ0v) is 25.6. The van der Waals surface area contributed by atoms with E-state index in [2.05, 4.69) is 26.8 Å². The number of hydrogen-bond donors (Lipinski definition) is 2. The number of alkyl halides is 3. The predicted octanol–water partition coefficient (Wildman–Crippen LogP) is 8.39. The second-order valence-electron chi connectivity index (χ2n) is 10.8. The van der Waals surface area contributed by atoms with Gasteiger partial charge in [0.05, 0.1) is 16.0 Å². The fraction of sp³-hybridized carbons (Fsp3) is 0.323. The summed E-state index contributed by atoms with van der Waals surface area (Å²) in [5.74, 6) is -1.35. The number of carbonyl (C=O) groups excluding carboxylic acids is 1. The van der Waals surface area contributed by atoms with Crippen molar-refractivity contribution in [3.05, 3.63) is 105 Å². The van der Waals surface area contributed by atoms with Gasteiger partial charge in [-0.25, -0.2) is 4.39 Å². The molecule has 5 nitrogen and oxygen atoms in total. The van der Waals surface area contributed by atoms with Crippen molar-refractivity contribution in [3.8, 4) is 5.75 Å². The fourth-order valence-electron chi connectivity index (χ4n) is 5.74. The number of piperidine rings is 1. The van der Waals surface area contributed by atoms with E-state index in [0.717, 1.165) is 48.2 Å². The van der Waals surface area contributed by atoms with Crippen LogP contribution < -0.4 is 15.4 Å². The van der Waals surface area contributed by atoms with Gasteiger partial charge in [0.2, 0.25) is 5.91 Å². The third-order valence-electron chi connectivity index (χ3n) is 7.90. The smallest absolute Gasteiger partial charge is 0.406 e. The number of hydrogen-bond acceptors (Lipinski definition) is 4. The second-order valence-corrected chi connectivity index (χ2v) is 13.4. The summed E-state index contributed by atoms with van der Waals surface area (Å²) in [5.41, 5.74) is 4.21. The molecular weight excluding hydrogens is 624 g/mol. The van der Waals surface area contributed by atoms with E-state index in [4.69, 9.17) is 23.2 Å². The Morgan fingerprint density at radius 3 is 2.47 bits per heavy atom. The lowest BCUT2D eigenvalue weighted by Crippen LogP contribution is -2.43. The van der Waals surface area contributed by atoms with E-state index < -0.39 is 12.3 Å². The Labute approximate surface area is 259 Å². The van der Waals surface area contributed by atoms with Crippen molar-refractivity contribution in [1.82, 2.24) is 10.2 Å². The third kappa shape index (κ3) is 7.82. The molecule has 2 unspecified atom stereocenters.